The van der Waals surface area contributed by atoms with Crippen LogP contribution in [0, 0.1) is 11.3 Å². The molecule has 1 unspecified atom stereocenters. The predicted octanol–water partition coefficient (Wildman–Crippen LogP) is 4.32. The number of pyridine rings is 1. The van der Waals surface area contributed by atoms with Gasteiger partial charge in [-0.15, -0.1) is 0 Å². The molecule has 2 heterocycles. The molecule has 0 aliphatic carbocycles. The van der Waals surface area contributed by atoms with Crippen molar-refractivity contribution in [1.29, 1.82) is 5.26 Å². The topological polar surface area (TPSA) is 69.0 Å². The number of benzene rings is 2. The number of fused-ring (bicyclic) bond motifs is 1. The minimum atomic E-state index is 0.0590. The van der Waals surface area contributed by atoms with Crippen LogP contribution < -0.4 is 5.32 Å². The van der Waals surface area contributed by atoms with Gasteiger partial charge in [0.2, 0.25) is 5.91 Å². The van der Waals surface area contributed by atoms with Gasteiger partial charge in [-0.3, -0.25) is 9.78 Å². The van der Waals surface area contributed by atoms with E-state index < -0.39 is 0 Å². The second-order valence-electron chi connectivity index (χ2n) is 6.91. The molecule has 3 aromatic rings. The van der Waals surface area contributed by atoms with Crippen LogP contribution in [0.4, 0.5) is 5.69 Å². The van der Waals surface area contributed by atoms with Crippen LogP contribution >= 0.6 is 0 Å². The molecule has 1 N–H and O–H groups in total. The Hall–Kier alpha value is -3.65. The van der Waals surface area contributed by atoms with Crippen molar-refractivity contribution in [2.24, 2.45) is 0 Å². The van der Waals surface area contributed by atoms with Crippen molar-refractivity contribution in [3.05, 3.63) is 72.7 Å². The molecular formula is C23H20N4O. The van der Waals surface area contributed by atoms with E-state index in [1.807, 2.05) is 42.7 Å². The van der Waals surface area contributed by atoms with Crippen LogP contribution in [0.25, 0.3) is 21.9 Å². The minimum absolute atomic E-state index is 0.0590. The molecule has 0 saturated heterocycles. The fourth-order valence-corrected chi connectivity index (χ4v) is 3.49. The Balaban J connectivity index is 1.72. The zero-order chi connectivity index (χ0) is 19.5. The van der Waals surface area contributed by atoms with Crippen molar-refractivity contribution in [2.75, 3.05) is 11.9 Å². The summed E-state index contributed by atoms with van der Waals surface area (Å²) < 4.78 is 0. The summed E-state index contributed by atoms with van der Waals surface area (Å²) in [5.74, 6) is 0.0590. The Labute approximate surface area is 163 Å². The van der Waals surface area contributed by atoms with Crippen LogP contribution in [-0.2, 0) is 4.79 Å². The van der Waals surface area contributed by atoms with E-state index in [0.717, 1.165) is 34.0 Å². The lowest BCUT2D eigenvalue weighted by molar-refractivity contribution is -0.126. The SMILES string of the molecule is CC(=O)N1C=CC(Nc2cc(-c3cccc(C#N)c3)cc3ccncc23)CC1. The number of amides is 1. The van der Waals surface area contributed by atoms with Crippen LogP contribution in [0.3, 0.4) is 0 Å². The van der Waals surface area contributed by atoms with Gasteiger partial charge in [0.1, 0.15) is 0 Å². The Morgan fingerprint density at radius 1 is 1.25 bits per heavy atom. The van der Waals surface area contributed by atoms with Crippen LogP contribution in [-0.4, -0.2) is 28.4 Å². The first-order valence-electron chi connectivity index (χ1n) is 9.24. The highest BCUT2D eigenvalue weighted by Crippen LogP contribution is 2.32. The molecule has 5 nitrogen and oxygen atoms in total. The van der Waals surface area contributed by atoms with Gasteiger partial charge in [-0.1, -0.05) is 12.1 Å². The number of aromatic nitrogens is 1. The molecule has 1 amide bonds. The molecule has 5 heteroatoms. The average Bonchev–Trinajstić information content (AvgIpc) is 2.74. The molecule has 0 spiro atoms. The van der Waals surface area contributed by atoms with Crippen molar-refractivity contribution in [1.82, 2.24) is 9.88 Å². The van der Waals surface area contributed by atoms with Gasteiger partial charge < -0.3 is 10.2 Å². The van der Waals surface area contributed by atoms with Crippen molar-refractivity contribution in [3.63, 3.8) is 0 Å². The Morgan fingerprint density at radius 2 is 2.14 bits per heavy atom. The first-order chi connectivity index (χ1) is 13.6. The van der Waals surface area contributed by atoms with E-state index in [9.17, 15) is 10.1 Å². The van der Waals surface area contributed by atoms with Crippen LogP contribution in [0.1, 0.15) is 18.9 Å². The van der Waals surface area contributed by atoms with Crippen molar-refractivity contribution in [3.8, 4) is 17.2 Å². The van der Waals surface area contributed by atoms with Gasteiger partial charge in [0.05, 0.1) is 11.6 Å². The molecular weight excluding hydrogens is 348 g/mol. The molecule has 0 saturated carbocycles. The Morgan fingerprint density at radius 3 is 2.89 bits per heavy atom. The van der Waals surface area contributed by atoms with Gasteiger partial charge in [-0.25, -0.2) is 0 Å². The lowest BCUT2D eigenvalue weighted by Gasteiger charge is -2.27. The van der Waals surface area contributed by atoms with Gasteiger partial charge in [-0.2, -0.15) is 5.26 Å². The number of nitrogens with one attached hydrogen (secondary N) is 1. The molecule has 4 rings (SSSR count). The molecule has 0 fully saturated rings. The molecule has 1 aliphatic heterocycles. The first-order valence-corrected chi connectivity index (χ1v) is 9.24. The second-order valence-corrected chi connectivity index (χ2v) is 6.91. The zero-order valence-electron chi connectivity index (χ0n) is 15.6. The molecule has 1 aliphatic rings. The summed E-state index contributed by atoms with van der Waals surface area (Å²) in [5.41, 5.74) is 3.68. The molecule has 1 aromatic heterocycles. The van der Waals surface area contributed by atoms with Gasteiger partial charge >= 0.3 is 0 Å². The molecule has 0 radical (unpaired) electrons. The van der Waals surface area contributed by atoms with E-state index in [0.29, 0.717) is 12.1 Å². The Kier molecular flexibility index (Phi) is 4.77. The lowest BCUT2D eigenvalue weighted by Crippen LogP contribution is -2.33. The second kappa shape index (κ2) is 7.53. The maximum Gasteiger partial charge on any atom is 0.223 e. The highest BCUT2D eigenvalue weighted by Gasteiger charge is 2.16. The number of hydrogen-bond acceptors (Lipinski definition) is 4. The van der Waals surface area contributed by atoms with E-state index in [-0.39, 0.29) is 11.9 Å². The number of nitriles is 1. The maximum absolute atomic E-state index is 11.5. The third kappa shape index (κ3) is 3.58. The van der Waals surface area contributed by atoms with Crippen molar-refractivity contribution >= 4 is 22.4 Å². The number of rotatable bonds is 3. The van der Waals surface area contributed by atoms with E-state index in [4.69, 9.17) is 0 Å². The lowest BCUT2D eigenvalue weighted by atomic mass is 9.98. The normalized spacial score (nSPS) is 16.0. The molecule has 1 atom stereocenters. The zero-order valence-corrected chi connectivity index (χ0v) is 15.6. The molecule has 2 aromatic carbocycles. The van der Waals surface area contributed by atoms with E-state index in [1.165, 1.54) is 0 Å². The van der Waals surface area contributed by atoms with E-state index >= 15 is 0 Å². The van der Waals surface area contributed by atoms with Crippen LogP contribution in [0.2, 0.25) is 0 Å². The number of carbonyl (C=O) groups excluding carboxylic acids is 1. The molecule has 138 valence electrons. The third-order valence-corrected chi connectivity index (χ3v) is 5.01. The summed E-state index contributed by atoms with van der Waals surface area (Å²) >= 11 is 0. The number of anilines is 1. The summed E-state index contributed by atoms with van der Waals surface area (Å²) in [5, 5.41) is 14.9. The summed E-state index contributed by atoms with van der Waals surface area (Å²) in [4.78, 5) is 17.5. The molecule has 28 heavy (non-hydrogen) atoms. The number of carbonyl (C=O) groups is 1. The van der Waals surface area contributed by atoms with Crippen LogP contribution in [0.15, 0.2) is 67.1 Å². The predicted molar refractivity (Wildman–Crippen MR) is 110 cm³/mol. The molecule has 0 bridgehead atoms. The summed E-state index contributed by atoms with van der Waals surface area (Å²) in [6.07, 6.45) is 8.36. The van der Waals surface area contributed by atoms with E-state index in [2.05, 4.69) is 28.5 Å². The quantitative estimate of drug-likeness (QED) is 0.747. The summed E-state index contributed by atoms with van der Waals surface area (Å²) in [7, 11) is 0. The van der Waals surface area contributed by atoms with Gasteiger partial charge in [-0.05, 0) is 59.3 Å². The highest BCUT2D eigenvalue weighted by molar-refractivity contribution is 5.97. The minimum Gasteiger partial charge on any atom is -0.378 e. The smallest absolute Gasteiger partial charge is 0.223 e. The van der Waals surface area contributed by atoms with Crippen LogP contribution in [0.5, 0.6) is 0 Å². The monoisotopic (exact) mass is 368 g/mol. The van der Waals surface area contributed by atoms with Gasteiger partial charge in [0.15, 0.2) is 0 Å². The largest absolute Gasteiger partial charge is 0.378 e. The fraction of sp³-hybridized carbons (Fsp3) is 0.174. The fourth-order valence-electron chi connectivity index (χ4n) is 3.49. The maximum atomic E-state index is 11.5. The van der Waals surface area contributed by atoms with Gasteiger partial charge in [0.25, 0.3) is 0 Å². The highest BCUT2D eigenvalue weighted by atomic mass is 16.2. The van der Waals surface area contributed by atoms with Crippen molar-refractivity contribution in [2.45, 2.75) is 19.4 Å². The summed E-state index contributed by atoms with van der Waals surface area (Å²) in [6, 6.07) is 16.2. The number of nitrogens with zero attached hydrogens (tertiary/aromatic N) is 3. The standard InChI is InChI=1S/C23H20N4O/c1-16(28)27-9-6-21(7-10-27)26-23-13-20(12-19-5-8-25-15-22(19)23)18-4-2-3-17(11-18)14-24/h2-6,8-9,11-13,15,21,26H,7,10H2,1H3. The Bertz CT molecular complexity index is 1110. The third-order valence-electron chi connectivity index (χ3n) is 5.01. The van der Waals surface area contributed by atoms with E-state index in [1.54, 1.807) is 24.1 Å². The summed E-state index contributed by atoms with van der Waals surface area (Å²) in [6.45, 7) is 2.28. The number of hydrogen-bond donors (Lipinski definition) is 1. The average molecular weight is 368 g/mol. The van der Waals surface area contributed by atoms with Gasteiger partial charge in [0, 0.05) is 49.2 Å². The van der Waals surface area contributed by atoms with Crippen molar-refractivity contribution < 1.29 is 4.79 Å². The first kappa shape index (κ1) is 17.7.